The van der Waals surface area contributed by atoms with Crippen molar-refractivity contribution in [2.24, 2.45) is 0 Å². The van der Waals surface area contributed by atoms with Crippen LogP contribution in [-0.4, -0.2) is 53.8 Å². The Labute approximate surface area is 172 Å². The molecule has 29 heavy (non-hydrogen) atoms. The number of aromatic hydroxyl groups is 1. The molecule has 1 amide bonds. The number of methoxy groups -OCH3 is 1. The van der Waals surface area contributed by atoms with Gasteiger partial charge in [-0.1, -0.05) is 42.5 Å². The molecule has 1 heterocycles. The van der Waals surface area contributed by atoms with Crippen LogP contribution in [-0.2, 0) is 22.4 Å². The van der Waals surface area contributed by atoms with Crippen LogP contribution in [0.25, 0.3) is 0 Å². The highest BCUT2D eigenvalue weighted by Gasteiger charge is 2.31. The fourth-order valence-corrected chi connectivity index (χ4v) is 3.38. The van der Waals surface area contributed by atoms with Crippen LogP contribution in [0.3, 0.4) is 0 Å². The first-order valence-corrected chi connectivity index (χ1v) is 9.99. The molecule has 1 aliphatic heterocycles. The van der Waals surface area contributed by atoms with E-state index in [2.05, 4.69) is 17.6 Å². The molecule has 0 spiro atoms. The summed E-state index contributed by atoms with van der Waals surface area (Å²) >= 11 is 0. The van der Waals surface area contributed by atoms with Crippen LogP contribution < -0.4 is 5.43 Å². The molecule has 1 aliphatic rings. The maximum absolute atomic E-state index is 13.1. The molecule has 0 radical (unpaired) electrons. The van der Waals surface area contributed by atoms with Gasteiger partial charge >= 0.3 is 0 Å². The molecule has 1 atom stereocenters. The molecular weight excluding hydrogens is 366 g/mol. The molecule has 0 fully saturated rings. The predicted molar refractivity (Wildman–Crippen MR) is 113 cm³/mol. The molecule has 6 nitrogen and oxygen atoms in total. The van der Waals surface area contributed by atoms with Gasteiger partial charge in [0.05, 0.1) is 0 Å². The molecule has 154 valence electrons. The Morgan fingerprint density at radius 3 is 2.52 bits per heavy atom. The molecule has 0 aromatic heterocycles. The number of amides is 1. The molecule has 0 bridgehead atoms. The Hall–Kier alpha value is -2.83. The molecular formula is C23H29N3O3. The first kappa shape index (κ1) is 20.9. The van der Waals surface area contributed by atoms with Gasteiger partial charge in [-0.3, -0.25) is 4.79 Å². The second-order valence-electron chi connectivity index (χ2n) is 7.11. The van der Waals surface area contributed by atoms with Crippen molar-refractivity contribution in [3.05, 3.63) is 78.1 Å². The summed E-state index contributed by atoms with van der Waals surface area (Å²) in [7, 11) is 1.67. The van der Waals surface area contributed by atoms with Crippen LogP contribution >= 0.6 is 0 Å². The molecule has 2 aromatic rings. The SMILES string of the molecule is COCCCN1C=CN(NCCc2ccccc2)[C@@H](Cc2ccc(O)cc2)C1=O. The number of hydrogen-bond donors (Lipinski definition) is 2. The molecule has 0 unspecified atom stereocenters. The number of phenols is 1. The van der Waals surface area contributed by atoms with Crippen molar-refractivity contribution >= 4 is 5.91 Å². The second kappa shape index (κ2) is 10.6. The highest BCUT2D eigenvalue weighted by molar-refractivity contribution is 5.84. The van der Waals surface area contributed by atoms with Crippen molar-refractivity contribution in [2.75, 3.05) is 26.8 Å². The van der Waals surface area contributed by atoms with E-state index in [0.29, 0.717) is 19.6 Å². The summed E-state index contributed by atoms with van der Waals surface area (Å²) < 4.78 is 5.11. The largest absolute Gasteiger partial charge is 0.508 e. The lowest BCUT2D eigenvalue weighted by atomic mass is 10.0. The summed E-state index contributed by atoms with van der Waals surface area (Å²) in [5.74, 6) is 0.284. The third-order valence-corrected chi connectivity index (χ3v) is 4.97. The first-order valence-electron chi connectivity index (χ1n) is 9.99. The quantitative estimate of drug-likeness (QED) is 0.606. The van der Waals surface area contributed by atoms with Crippen molar-refractivity contribution in [3.63, 3.8) is 0 Å². The van der Waals surface area contributed by atoms with E-state index in [4.69, 9.17) is 4.74 Å². The molecule has 6 heteroatoms. The van der Waals surface area contributed by atoms with Gasteiger partial charge in [0.1, 0.15) is 11.8 Å². The highest BCUT2D eigenvalue weighted by Crippen LogP contribution is 2.18. The Morgan fingerprint density at radius 2 is 1.79 bits per heavy atom. The summed E-state index contributed by atoms with van der Waals surface area (Å²) in [4.78, 5) is 14.9. The number of carbonyl (C=O) groups excluding carboxylic acids is 1. The van der Waals surface area contributed by atoms with E-state index >= 15 is 0 Å². The first-order chi connectivity index (χ1) is 14.2. The monoisotopic (exact) mass is 395 g/mol. The van der Waals surface area contributed by atoms with Crippen LogP contribution in [0.15, 0.2) is 67.0 Å². The normalized spacial score (nSPS) is 16.4. The van der Waals surface area contributed by atoms with Gasteiger partial charge in [-0.2, -0.15) is 0 Å². The van der Waals surface area contributed by atoms with E-state index in [0.717, 1.165) is 24.9 Å². The predicted octanol–water partition coefficient (Wildman–Crippen LogP) is 2.70. The Kier molecular flexibility index (Phi) is 7.67. The third-order valence-electron chi connectivity index (χ3n) is 4.97. The van der Waals surface area contributed by atoms with Crippen LogP contribution in [0.5, 0.6) is 5.75 Å². The molecule has 0 saturated carbocycles. The summed E-state index contributed by atoms with van der Waals surface area (Å²) in [5, 5.41) is 11.4. The van der Waals surface area contributed by atoms with E-state index in [9.17, 15) is 9.90 Å². The van der Waals surface area contributed by atoms with Gasteiger partial charge in [0, 0.05) is 45.6 Å². The fraction of sp³-hybridized carbons (Fsp3) is 0.348. The Morgan fingerprint density at radius 1 is 1.03 bits per heavy atom. The summed E-state index contributed by atoms with van der Waals surface area (Å²) in [6.45, 7) is 1.99. The Bertz CT molecular complexity index is 793. The van der Waals surface area contributed by atoms with Crippen LogP contribution in [0.4, 0.5) is 0 Å². The molecule has 2 aromatic carbocycles. The van der Waals surface area contributed by atoms with Crippen molar-refractivity contribution in [3.8, 4) is 5.75 Å². The number of rotatable bonds is 10. The van der Waals surface area contributed by atoms with Gasteiger partial charge in [-0.05, 0) is 36.1 Å². The van der Waals surface area contributed by atoms with Gasteiger partial charge in [-0.25, -0.2) is 5.43 Å². The summed E-state index contributed by atoms with van der Waals surface area (Å²) in [6, 6.07) is 17.0. The smallest absolute Gasteiger partial charge is 0.251 e. The number of nitrogens with one attached hydrogen (secondary N) is 1. The number of hydrazine groups is 1. The topological polar surface area (TPSA) is 65.0 Å². The zero-order valence-corrected chi connectivity index (χ0v) is 16.8. The second-order valence-corrected chi connectivity index (χ2v) is 7.11. The van der Waals surface area contributed by atoms with Crippen molar-refractivity contribution in [1.82, 2.24) is 15.3 Å². The summed E-state index contributed by atoms with van der Waals surface area (Å²) in [5.41, 5.74) is 5.65. The van der Waals surface area contributed by atoms with Gasteiger partial charge in [0.15, 0.2) is 0 Å². The lowest BCUT2D eigenvalue weighted by Gasteiger charge is -2.37. The molecule has 0 aliphatic carbocycles. The van der Waals surface area contributed by atoms with E-state index in [1.807, 2.05) is 47.7 Å². The number of carbonyl (C=O) groups is 1. The number of benzene rings is 2. The summed E-state index contributed by atoms with van der Waals surface area (Å²) in [6.07, 6.45) is 6.00. The van der Waals surface area contributed by atoms with E-state index in [-0.39, 0.29) is 17.7 Å². The third kappa shape index (κ3) is 6.07. The molecule has 2 N–H and O–H groups in total. The minimum Gasteiger partial charge on any atom is -0.508 e. The van der Waals surface area contributed by atoms with Gasteiger partial charge in [0.2, 0.25) is 0 Å². The van der Waals surface area contributed by atoms with Crippen LogP contribution in [0.2, 0.25) is 0 Å². The van der Waals surface area contributed by atoms with Gasteiger partial charge < -0.3 is 19.8 Å². The van der Waals surface area contributed by atoms with Crippen molar-refractivity contribution in [2.45, 2.75) is 25.3 Å². The van der Waals surface area contributed by atoms with Crippen LogP contribution in [0, 0.1) is 0 Å². The molecule has 3 rings (SSSR count). The Balaban J connectivity index is 1.67. The number of ether oxygens (including phenoxy) is 1. The van der Waals surface area contributed by atoms with Gasteiger partial charge in [-0.15, -0.1) is 0 Å². The highest BCUT2D eigenvalue weighted by atomic mass is 16.5. The number of hydrogen-bond acceptors (Lipinski definition) is 5. The lowest BCUT2D eigenvalue weighted by Crippen LogP contribution is -2.55. The average Bonchev–Trinajstić information content (AvgIpc) is 2.74. The maximum Gasteiger partial charge on any atom is 0.251 e. The average molecular weight is 396 g/mol. The number of nitrogens with zero attached hydrogens (tertiary/aromatic N) is 2. The zero-order valence-electron chi connectivity index (χ0n) is 16.8. The van der Waals surface area contributed by atoms with Crippen molar-refractivity contribution < 1.29 is 14.6 Å². The standard InChI is InChI=1S/C23H29N3O3/c1-29-17-5-14-25-15-16-26(24-13-12-19-6-3-2-4-7-19)22(23(25)28)18-20-8-10-21(27)11-9-20/h2-4,6-11,15-16,22,24,27H,5,12-14,17-18H2,1H3/t22-/m0/s1. The van der Waals surface area contributed by atoms with Crippen molar-refractivity contribution in [1.29, 1.82) is 0 Å². The van der Waals surface area contributed by atoms with Crippen LogP contribution in [0.1, 0.15) is 17.5 Å². The van der Waals surface area contributed by atoms with E-state index in [1.54, 1.807) is 24.1 Å². The fourth-order valence-electron chi connectivity index (χ4n) is 3.38. The molecule has 0 saturated heterocycles. The lowest BCUT2D eigenvalue weighted by molar-refractivity contribution is -0.136. The minimum atomic E-state index is -0.345. The van der Waals surface area contributed by atoms with E-state index < -0.39 is 0 Å². The minimum absolute atomic E-state index is 0.0592. The number of phenolic OH excluding ortho intramolecular Hbond substituents is 1. The van der Waals surface area contributed by atoms with Gasteiger partial charge in [0.25, 0.3) is 5.91 Å². The maximum atomic E-state index is 13.1. The zero-order chi connectivity index (χ0) is 20.5. The van der Waals surface area contributed by atoms with E-state index in [1.165, 1.54) is 5.56 Å².